The van der Waals surface area contributed by atoms with E-state index < -0.39 is 11.2 Å². The van der Waals surface area contributed by atoms with Crippen molar-refractivity contribution in [2.75, 3.05) is 19.8 Å². The minimum Gasteiger partial charge on any atom is -0.480 e. The Balaban J connectivity index is 2.63. The highest BCUT2D eigenvalue weighted by Crippen LogP contribution is 2.23. The van der Waals surface area contributed by atoms with Crippen LogP contribution in [-0.2, 0) is 9.47 Å². The van der Waals surface area contributed by atoms with Crippen LogP contribution >= 0.6 is 0 Å². The van der Waals surface area contributed by atoms with E-state index in [2.05, 4.69) is 4.98 Å². The number of aromatic nitrogens is 1. The quantitative estimate of drug-likeness (QED) is 0.400. The van der Waals surface area contributed by atoms with Gasteiger partial charge in [-0.15, -0.1) is 0 Å². The predicted octanol–water partition coefficient (Wildman–Crippen LogP) is 1.77. The summed E-state index contributed by atoms with van der Waals surface area (Å²) >= 11 is 0. The largest absolute Gasteiger partial charge is 0.480 e. The summed E-state index contributed by atoms with van der Waals surface area (Å²) in [5, 5.41) is 10.7. The second-order valence-corrected chi connectivity index (χ2v) is 3.23. The van der Waals surface area contributed by atoms with Gasteiger partial charge < -0.3 is 24.3 Å². The molecular formula is C11H16N2O5. The summed E-state index contributed by atoms with van der Waals surface area (Å²) in [6.07, 6.45) is 0.799. The van der Waals surface area contributed by atoms with Crippen LogP contribution in [0, 0.1) is 10.1 Å². The van der Waals surface area contributed by atoms with E-state index >= 15 is 0 Å². The van der Waals surface area contributed by atoms with Crippen LogP contribution in [0.3, 0.4) is 0 Å². The van der Waals surface area contributed by atoms with E-state index in [0.717, 1.165) is 0 Å². The van der Waals surface area contributed by atoms with Gasteiger partial charge in [0, 0.05) is 13.2 Å². The Hall–Kier alpha value is -1.73. The van der Waals surface area contributed by atoms with Gasteiger partial charge in [0.1, 0.15) is 12.8 Å². The molecule has 0 N–H and O–H groups in total. The number of pyridine rings is 1. The lowest BCUT2D eigenvalue weighted by Crippen LogP contribution is -2.25. The first-order valence-corrected chi connectivity index (χ1v) is 5.64. The molecule has 0 fully saturated rings. The van der Waals surface area contributed by atoms with E-state index in [-0.39, 0.29) is 18.2 Å². The Labute approximate surface area is 105 Å². The third-order valence-electron chi connectivity index (χ3n) is 2.00. The van der Waals surface area contributed by atoms with Crippen LogP contribution in [0.25, 0.3) is 0 Å². The summed E-state index contributed by atoms with van der Waals surface area (Å²) in [6, 6.07) is 3.05. The zero-order valence-electron chi connectivity index (χ0n) is 10.4. The fraction of sp³-hybridized carbons (Fsp3) is 0.545. The first-order valence-electron chi connectivity index (χ1n) is 5.64. The van der Waals surface area contributed by atoms with Crippen molar-refractivity contribution in [3.05, 3.63) is 28.4 Å². The van der Waals surface area contributed by atoms with Crippen molar-refractivity contribution in [2.24, 2.45) is 0 Å². The highest BCUT2D eigenvalue weighted by molar-refractivity contribution is 5.38. The van der Waals surface area contributed by atoms with Crippen LogP contribution in [0.2, 0.25) is 0 Å². The van der Waals surface area contributed by atoms with E-state index in [1.807, 2.05) is 13.8 Å². The Morgan fingerprint density at radius 2 is 2.06 bits per heavy atom. The molecule has 0 saturated carbocycles. The van der Waals surface area contributed by atoms with Crippen molar-refractivity contribution in [2.45, 2.75) is 20.1 Å². The Bertz CT molecular complexity index is 379. The summed E-state index contributed by atoms with van der Waals surface area (Å²) in [5.41, 5.74) is 0. The van der Waals surface area contributed by atoms with Crippen molar-refractivity contribution in [1.29, 1.82) is 0 Å². The van der Waals surface area contributed by atoms with E-state index in [1.165, 1.54) is 12.3 Å². The number of nitro groups is 1. The van der Waals surface area contributed by atoms with Crippen molar-refractivity contribution >= 4 is 5.82 Å². The summed E-state index contributed by atoms with van der Waals surface area (Å²) in [4.78, 5) is 13.8. The van der Waals surface area contributed by atoms with Crippen molar-refractivity contribution in [1.82, 2.24) is 4.98 Å². The van der Waals surface area contributed by atoms with Gasteiger partial charge in [-0.25, -0.2) is 0 Å². The van der Waals surface area contributed by atoms with Crippen LogP contribution < -0.4 is 4.74 Å². The zero-order chi connectivity index (χ0) is 13.4. The minimum absolute atomic E-state index is 0.0776. The summed E-state index contributed by atoms with van der Waals surface area (Å²) in [6.45, 7) is 4.69. The van der Waals surface area contributed by atoms with Gasteiger partial charge in [-0.2, -0.15) is 0 Å². The molecule has 0 spiro atoms. The predicted molar refractivity (Wildman–Crippen MR) is 63.4 cm³/mol. The SMILES string of the molecule is CCOC(COc1cccnc1[N+](=O)[O-])OCC. The van der Waals surface area contributed by atoms with E-state index in [4.69, 9.17) is 14.2 Å². The molecule has 0 aliphatic rings. The molecule has 0 aromatic carbocycles. The molecule has 7 nitrogen and oxygen atoms in total. The van der Waals surface area contributed by atoms with Gasteiger partial charge >= 0.3 is 5.82 Å². The molecule has 0 unspecified atom stereocenters. The molecule has 1 heterocycles. The molecule has 0 bridgehead atoms. The number of ether oxygens (including phenoxy) is 3. The highest BCUT2D eigenvalue weighted by atomic mass is 16.7. The molecule has 1 aromatic rings. The maximum absolute atomic E-state index is 10.7. The average Bonchev–Trinajstić information content (AvgIpc) is 2.36. The number of nitrogens with zero attached hydrogens (tertiary/aromatic N) is 2. The molecule has 1 rings (SSSR count). The van der Waals surface area contributed by atoms with Gasteiger partial charge in [0.2, 0.25) is 5.75 Å². The summed E-state index contributed by atoms with van der Waals surface area (Å²) < 4.78 is 15.8. The molecule has 0 atom stereocenters. The van der Waals surface area contributed by atoms with Gasteiger partial charge in [0.25, 0.3) is 0 Å². The van der Waals surface area contributed by atoms with Crippen molar-refractivity contribution < 1.29 is 19.1 Å². The zero-order valence-corrected chi connectivity index (χ0v) is 10.4. The monoisotopic (exact) mass is 256 g/mol. The van der Waals surface area contributed by atoms with E-state index in [0.29, 0.717) is 13.2 Å². The molecule has 0 amide bonds. The summed E-state index contributed by atoms with van der Waals surface area (Å²) in [7, 11) is 0. The third kappa shape index (κ3) is 4.27. The molecule has 100 valence electrons. The van der Waals surface area contributed by atoms with Crippen LogP contribution in [-0.4, -0.2) is 36.0 Å². The van der Waals surface area contributed by atoms with Gasteiger partial charge in [-0.3, -0.25) is 0 Å². The molecule has 0 aliphatic carbocycles. The topological polar surface area (TPSA) is 83.7 Å². The van der Waals surface area contributed by atoms with Crippen LogP contribution in [0.5, 0.6) is 5.75 Å². The fourth-order valence-electron chi connectivity index (χ4n) is 1.31. The minimum atomic E-state index is -0.592. The van der Waals surface area contributed by atoms with Gasteiger partial charge in [0.05, 0.1) is 0 Å². The highest BCUT2D eigenvalue weighted by Gasteiger charge is 2.17. The average molecular weight is 256 g/mol. The first-order chi connectivity index (χ1) is 8.69. The first kappa shape index (κ1) is 14.3. The van der Waals surface area contributed by atoms with Gasteiger partial charge in [0.15, 0.2) is 6.29 Å². The number of hydrogen-bond acceptors (Lipinski definition) is 6. The maximum Gasteiger partial charge on any atom is 0.406 e. The lowest BCUT2D eigenvalue weighted by Gasteiger charge is -2.17. The Kier molecular flexibility index (Phi) is 6.03. The van der Waals surface area contributed by atoms with Gasteiger partial charge in [-0.05, 0) is 35.9 Å². The van der Waals surface area contributed by atoms with Crippen LogP contribution in [0.1, 0.15) is 13.8 Å². The second-order valence-electron chi connectivity index (χ2n) is 3.23. The van der Waals surface area contributed by atoms with Crippen molar-refractivity contribution in [3.63, 3.8) is 0 Å². The summed E-state index contributed by atoms with van der Waals surface area (Å²) in [5.74, 6) is -0.212. The smallest absolute Gasteiger partial charge is 0.406 e. The van der Waals surface area contributed by atoms with Gasteiger partial charge in [-0.1, -0.05) is 0 Å². The molecule has 7 heteroatoms. The Morgan fingerprint density at radius 3 is 2.61 bits per heavy atom. The molecular weight excluding hydrogens is 240 g/mol. The molecule has 0 saturated heterocycles. The standard InChI is InChI=1S/C11H16N2O5/c1-3-16-10(17-4-2)8-18-9-6-5-7-12-11(9)13(14)15/h5-7,10H,3-4,8H2,1-2H3. The van der Waals surface area contributed by atoms with E-state index in [9.17, 15) is 10.1 Å². The van der Waals surface area contributed by atoms with E-state index in [1.54, 1.807) is 6.07 Å². The lowest BCUT2D eigenvalue weighted by atomic mass is 10.4. The molecule has 18 heavy (non-hydrogen) atoms. The maximum atomic E-state index is 10.7. The van der Waals surface area contributed by atoms with Crippen molar-refractivity contribution in [3.8, 4) is 5.75 Å². The van der Waals surface area contributed by atoms with Crippen LogP contribution in [0.4, 0.5) is 5.82 Å². The molecule has 0 radical (unpaired) electrons. The number of rotatable bonds is 8. The lowest BCUT2D eigenvalue weighted by molar-refractivity contribution is -0.390. The third-order valence-corrected chi connectivity index (χ3v) is 2.00. The van der Waals surface area contributed by atoms with Crippen LogP contribution in [0.15, 0.2) is 18.3 Å². The number of hydrogen-bond donors (Lipinski definition) is 0. The fourth-order valence-corrected chi connectivity index (χ4v) is 1.31. The normalized spacial score (nSPS) is 10.6. The Morgan fingerprint density at radius 1 is 1.39 bits per heavy atom. The molecule has 0 aliphatic heterocycles. The molecule has 1 aromatic heterocycles. The second kappa shape index (κ2) is 7.57.